The summed E-state index contributed by atoms with van der Waals surface area (Å²) in [6, 6.07) is 12.0. The van der Waals surface area contributed by atoms with Gasteiger partial charge in [-0.3, -0.25) is 9.78 Å². The molecule has 1 atom stereocenters. The van der Waals surface area contributed by atoms with Gasteiger partial charge in [0.1, 0.15) is 11.4 Å². The first-order chi connectivity index (χ1) is 14.8. The third-order valence-electron chi connectivity index (χ3n) is 5.71. The quantitative estimate of drug-likeness (QED) is 0.610. The number of hydrogen-bond acceptors (Lipinski definition) is 7. The van der Waals surface area contributed by atoms with E-state index >= 15 is 0 Å². The van der Waals surface area contributed by atoms with Crippen LogP contribution >= 0.6 is 0 Å². The predicted molar refractivity (Wildman–Crippen MR) is 118 cm³/mol. The van der Waals surface area contributed by atoms with Crippen LogP contribution in [0.25, 0.3) is 22.2 Å². The van der Waals surface area contributed by atoms with Crippen molar-refractivity contribution in [1.82, 2.24) is 20.3 Å². The second kappa shape index (κ2) is 8.41. The number of fused-ring (bicyclic) bond motifs is 1. The molecule has 8 heteroatoms. The normalized spacial score (nSPS) is 19.7. The van der Waals surface area contributed by atoms with Crippen LogP contribution in [0.15, 0.2) is 41.2 Å². The number of nitrogens with zero attached hydrogens (tertiary/aromatic N) is 3. The zero-order chi connectivity index (χ0) is 20.3. The molecule has 8 nitrogen and oxygen atoms in total. The van der Waals surface area contributed by atoms with Crippen molar-refractivity contribution in [3.63, 3.8) is 0 Å². The van der Waals surface area contributed by atoms with E-state index in [2.05, 4.69) is 20.5 Å². The maximum Gasteiger partial charge on any atom is 0.263 e. The minimum atomic E-state index is -0.180. The van der Waals surface area contributed by atoms with Gasteiger partial charge in [0.05, 0.1) is 24.4 Å². The molecule has 0 saturated carbocycles. The number of nitrogens with one attached hydrogen (secondary N) is 3. The average Bonchev–Trinajstić information content (AvgIpc) is 2.80. The average molecular weight is 406 g/mol. The van der Waals surface area contributed by atoms with E-state index in [0.29, 0.717) is 49.3 Å². The number of pyridine rings is 1. The Labute approximate surface area is 174 Å². The van der Waals surface area contributed by atoms with Crippen molar-refractivity contribution < 1.29 is 4.74 Å². The van der Waals surface area contributed by atoms with Crippen LogP contribution in [0.1, 0.15) is 12.8 Å². The molecule has 3 aromatic rings. The van der Waals surface area contributed by atoms with Crippen LogP contribution in [-0.4, -0.2) is 60.4 Å². The lowest BCUT2D eigenvalue weighted by Crippen LogP contribution is -2.40. The lowest BCUT2D eigenvalue weighted by Gasteiger charge is -2.29. The van der Waals surface area contributed by atoms with E-state index in [9.17, 15) is 4.79 Å². The molecule has 0 bridgehead atoms. The lowest BCUT2D eigenvalue weighted by molar-refractivity contribution is 0.122. The van der Waals surface area contributed by atoms with Crippen LogP contribution in [0.5, 0.6) is 0 Å². The van der Waals surface area contributed by atoms with Gasteiger partial charge in [0.15, 0.2) is 0 Å². The topological polar surface area (TPSA) is 95.2 Å². The number of anilines is 2. The molecule has 0 unspecified atom stereocenters. The number of aromatic amines is 1. The van der Waals surface area contributed by atoms with Crippen molar-refractivity contribution in [3.8, 4) is 11.3 Å². The van der Waals surface area contributed by atoms with E-state index in [1.54, 1.807) is 0 Å². The van der Waals surface area contributed by atoms with Gasteiger partial charge in [-0.05, 0) is 31.5 Å². The van der Waals surface area contributed by atoms with Gasteiger partial charge in [0.2, 0.25) is 5.95 Å². The van der Waals surface area contributed by atoms with E-state index in [1.807, 2.05) is 36.4 Å². The second-order valence-electron chi connectivity index (χ2n) is 7.79. The Balaban J connectivity index is 1.58. The van der Waals surface area contributed by atoms with Gasteiger partial charge in [0, 0.05) is 31.1 Å². The van der Waals surface area contributed by atoms with Crippen molar-refractivity contribution in [3.05, 3.63) is 46.8 Å². The molecule has 2 fully saturated rings. The summed E-state index contributed by atoms with van der Waals surface area (Å²) in [5.74, 6) is 1.18. The Morgan fingerprint density at radius 2 is 1.97 bits per heavy atom. The van der Waals surface area contributed by atoms with E-state index in [0.717, 1.165) is 36.8 Å². The second-order valence-corrected chi connectivity index (χ2v) is 7.79. The molecule has 2 aliphatic heterocycles. The first-order valence-electron chi connectivity index (χ1n) is 10.6. The molecular formula is C22H26N6O2. The largest absolute Gasteiger partial charge is 0.378 e. The zero-order valence-electron chi connectivity index (χ0n) is 16.9. The van der Waals surface area contributed by atoms with Crippen molar-refractivity contribution >= 4 is 22.7 Å². The Morgan fingerprint density at radius 1 is 1.10 bits per heavy atom. The van der Waals surface area contributed by atoms with Gasteiger partial charge in [-0.25, -0.2) is 4.98 Å². The van der Waals surface area contributed by atoms with Gasteiger partial charge in [-0.2, -0.15) is 4.98 Å². The Kier molecular flexibility index (Phi) is 5.33. The Hall–Kier alpha value is -2.97. The molecule has 4 heterocycles. The first kappa shape index (κ1) is 19.0. The molecule has 0 radical (unpaired) electrons. The standard InChI is InChI=1S/C22H26N6O2/c29-21-19(18-8-7-15-4-1-2-6-17(15)25-18)20(24-16-5-3-9-23-14-16)26-22(27-21)28-10-12-30-13-11-28/h1-2,4,6-8,16,23H,3,5,9-14H2,(H2,24,26,27,29)/t16-/m1/s1. The summed E-state index contributed by atoms with van der Waals surface area (Å²) >= 11 is 0. The van der Waals surface area contributed by atoms with E-state index in [4.69, 9.17) is 14.7 Å². The lowest BCUT2D eigenvalue weighted by atomic mass is 10.1. The smallest absolute Gasteiger partial charge is 0.263 e. The maximum absolute atomic E-state index is 13.2. The highest BCUT2D eigenvalue weighted by atomic mass is 16.5. The summed E-state index contributed by atoms with van der Waals surface area (Å²) in [5, 5.41) is 7.98. The van der Waals surface area contributed by atoms with Crippen LogP contribution in [0.3, 0.4) is 0 Å². The summed E-state index contributed by atoms with van der Waals surface area (Å²) < 4.78 is 5.44. The number of ether oxygens (including phenoxy) is 1. The third-order valence-corrected chi connectivity index (χ3v) is 5.71. The number of H-pyrrole nitrogens is 1. The fourth-order valence-corrected chi connectivity index (χ4v) is 4.10. The molecular weight excluding hydrogens is 380 g/mol. The molecule has 5 rings (SSSR count). The van der Waals surface area contributed by atoms with E-state index in [1.165, 1.54) is 0 Å². The van der Waals surface area contributed by atoms with Crippen LogP contribution in [0.4, 0.5) is 11.8 Å². The molecule has 0 spiro atoms. The summed E-state index contributed by atoms with van der Waals surface area (Å²) in [4.78, 5) is 27.9. The van der Waals surface area contributed by atoms with Crippen LogP contribution in [-0.2, 0) is 4.74 Å². The summed E-state index contributed by atoms with van der Waals surface area (Å²) in [5.41, 5.74) is 1.79. The minimum Gasteiger partial charge on any atom is -0.378 e. The zero-order valence-corrected chi connectivity index (χ0v) is 16.9. The predicted octanol–water partition coefficient (Wildman–Crippen LogP) is 1.99. The first-order valence-corrected chi connectivity index (χ1v) is 10.6. The Bertz CT molecular complexity index is 1090. The molecule has 0 amide bonds. The van der Waals surface area contributed by atoms with Crippen LogP contribution in [0, 0.1) is 0 Å². The minimum absolute atomic E-state index is 0.180. The van der Waals surface area contributed by atoms with Crippen molar-refractivity contribution in [2.24, 2.45) is 0 Å². The number of hydrogen-bond donors (Lipinski definition) is 3. The third kappa shape index (κ3) is 3.88. The van der Waals surface area contributed by atoms with Gasteiger partial charge in [0.25, 0.3) is 5.56 Å². The molecule has 2 aliphatic rings. The van der Waals surface area contributed by atoms with E-state index in [-0.39, 0.29) is 11.6 Å². The molecule has 2 saturated heterocycles. The molecule has 30 heavy (non-hydrogen) atoms. The summed E-state index contributed by atoms with van der Waals surface area (Å²) in [6.45, 7) is 4.56. The van der Waals surface area contributed by atoms with Crippen molar-refractivity contribution in [1.29, 1.82) is 0 Å². The highest BCUT2D eigenvalue weighted by Gasteiger charge is 2.22. The number of benzene rings is 1. The highest BCUT2D eigenvalue weighted by Crippen LogP contribution is 2.26. The fourth-order valence-electron chi connectivity index (χ4n) is 4.10. The maximum atomic E-state index is 13.2. The molecule has 2 aromatic heterocycles. The molecule has 156 valence electrons. The van der Waals surface area contributed by atoms with Crippen molar-refractivity contribution in [2.75, 3.05) is 49.6 Å². The van der Waals surface area contributed by atoms with E-state index < -0.39 is 0 Å². The molecule has 0 aliphatic carbocycles. The number of rotatable bonds is 4. The molecule has 1 aromatic carbocycles. The van der Waals surface area contributed by atoms with Crippen molar-refractivity contribution in [2.45, 2.75) is 18.9 Å². The molecule has 3 N–H and O–H groups in total. The fraction of sp³-hybridized carbons (Fsp3) is 0.409. The number of aromatic nitrogens is 3. The highest BCUT2D eigenvalue weighted by molar-refractivity contribution is 5.83. The number of para-hydroxylation sites is 1. The summed E-state index contributed by atoms with van der Waals surface area (Å²) in [7, 11) is 0. The van der Waals surface area contributed by atoms with Gasteiger partial charge >= 0.3 is 0 Å². The SMILES string of the molecule is O=c1[nH]c(N2CCOCC2)nc(N[C@@H]2CCCNC2)c1-c1ccc2ccccc2n1. The monoisotopic (exact) mass is 406 g/mol. The van der Waals surface area contributed by atoms with Gasteiger partial charge < -0.3 is 20.3 Å². The van der Waals surface area contributed by atoms with Gasteiger partial charge in [-0.1, -0.05) is 24.3 Å². The van der Waals surface area contributed by atoms with Gasteiger partial charge in [-0.15, -0.1) is 0 Å². The van der Waals surface area contributed by atoms with Crippen LogP contribution < -0.4 is 21.1 Å². The number of morpholine rings is 1. The summed E-state index contributed by atoms with van der Waals surface area (Å²) in [6.07, 6.45) is 2.14. The van der Waals surface area contributed by atoms with Crippen LogP contribution in [0.2, 0.25) is 0 Å². The Morgan fingerprint density at radius 3 is 2.80 bits per heavy atom. The number of piperidine rings is 1.